The summed E-state index contributed by atoms with van der Waals surface area (Å²) in [5, 5.41) is 5.96. The van der Waals surface area contributed by atoms with Gasteiger partial charge in [-0.15, -0.1) is 0 Å². The second-order valence-electron chi connectivity index (χ2n) is 6.21. The van der Waals surface area contributed by atoms with Crippen molar-refractivity contribution in [3.05, 3.63) is 77.9 Å². The minimum Gasteiger partial charge on any atom is -0.347 e. The number of benzene rings is 1. The van der Waals surface area contributed by atoms with Gasteiger partial charge in [-0.05, 0) is 41.3 Å². The second kappa shape index (κ2) is 8.20. The Hall–Kier alpha value is -3.28. The van der Waals surface area contributed by atoms with Crippen molar-refractivity contribution in [1.29, 1.82) is 0 Å². The highest BCUT2D eigenvalue weighted by atomic mass is 16.1. The van der Waals surface area contributed by atoms with E-state index in [1.165, 1.54) is 5.56 Å². The van der Waals surface area contributed by atoms with Crippen LogP contribution in [0.4, 0.5) is 11.6 Å². The van der Waals surface area contributed by atoms with Crippen molar-refractivity contribution >= 4 is 17.5 Å². The number of nitrogens with zero attached hydrogens (tertiary/aromatic N) is 3. The number of anilines is 2. The maximum absolute atomic E-state index is 12.3. The molecule has 0 fully saturated rings. The van der Waals surface area contributed by atoms with Crippen LogP contribution in [0.5, 0.6) is 0 Å². The highest BCUT2D eigenvalue weighted by molar-refractivity contribution is 5.92. The average molecular weight is 347 g/mol. The van der Waals surface area contributed by atoms with Gasteiger partial charge < -0.3 is 10.6 Å². The van der Waals surface area contributed by atoms with E-state index in [2.05, 4.69) is 51.6 Å². The first-order chi connectivity index (χ1) is 12.6. The van der Waals surface area contributed by atoms with Gasteiger partial charge in [-0.3, -0.25) is 9.78 Å². The summed E-state index contributed by atoms with van der Waals surface area (Å²) in [6, 6.07) is 13.4. The van der Waals surface area contributed by atoms with Crippen molar-refractivity contribution in [3.8, 4) is 0 Å². The molecular formula is C20H21N5O. The van der Waals surface area contributed by atoms with Crippen LogP contribution in [0.25, 0.3) is 0 Å². The molecule has 0 spiro atoms. The molecule has 0 unspecified atom stereocenters. The Kier molecular flexibility index (Phi) is 5.53. The summed E-state index contributed by atoms with van der Waals surface area (Å²) in [6.45, 7) is 4.70. The van der Waals surface area contributed by atoms with Crippen molar-refractivity contribution in [2.24, 2.45) is 0 Å². The van der Waals surface area contributed by atoms with Gasteiger partial charge in [-0.25, -0.2) is 9.97 Å². The number of amides is 1. The first-order valence-corrected chi connectivity index (χ1v) is 8.49. The zero-order valence-electron chi connectivity index (χ0n) is 14.8. The predicted octanol–water partition coefficient (Wildman–Crippen LogP) is 3.67. The zero-order chi connectivity index (χ0) is 18.4. The Morgan fingerprint density at radius 1 is 1.08 bits per heavy atom. The maximum Gasteiger partial charge on any atom is 0.270 e. The number of nitrogens with one attached hydrogen (secondary N) is 2. The fourth-order valence-corrected chi connectivity index (χ4v) is 2.40. The van der Waals surface area contributed by atoms with Crippen molar-refractivity contribution in [2.45, 2.75) is 26.3 Å². The Balaban J connectivity index is 1.64. The molecule has 0 aliphatic heterocycles. The smallest absolute Gasteiger partial charge is 0.270 e. The lowest BCUT2D eigenvalue weighted by Crippen LogP contribution is -2.24. The first kappa shape index (κ1) is 17.5. The SMILES string of the molecule is CC(C)c1ccc(Nc2nccc(C(=O)NCc3cccnc3)n2)cc1. The van der Waals surface area contributed by atoms with Gasteiger partial charge in [0.25, 0.3) is 5.91 Å². The van der Waals surface area contributed by atoms with Gasteiger partial charge in [0.1, 0.15) is 5.69 Å². The largest absolute Gasteiger partial charge is 0.347 e. The van der Waals surface area contributed by atoms with Crippen LogP contribution in [0.1, 0.15) is 41.4 Å². The molecule has 2 heterocycles. The third-order valence-corrected chi connectivity index (χ3v) is 3.90. The van der Waals surface area contributed by atoms with E-state index in [0.29, 0.717) is 24.1 Å². The molecule has 26 heavy (non-hydrogen) atoms. The summed E-state index contributed by atoms with van der Waals surface area (Å²) in [4.78, 5) is 24.8. The molecule has 1 amide bonds. The molecule has 6 nitrogen and oxygen atoms in total. The molecule has 6 heteroatoms. The molecule has 3 rings (SSSR count). The van der Waals surface area contributed by atoms with Gasteiger partial charge in [-0.1, -0.05) is 32.0 Å². The lowest BCUT2D eigenvalue weighted by atomic mass is 10.0. The van der Waals surface area contributed by atoms with Crippen molar-refractivity contribution in [2.75, 3.05) is 5.32 Å². The summed E-state index contributed by atoms with van der Waals surface area (Å²) in [7, 11) is 0. The topological polar surface area (TPSA) is 79.8 Å². The lowest BCUT2D eigenvalue weighted by molar-refractivity contribution is 0.0946. The Labute approximate surface area is 152 Å². The third-order valence-electron chi connectivity index (χ3n) is 3.90. The van der Waals surface area contributed by atoms with Crippen LogP contribution in [0.15, 0.2) is 61.1 Å². The van der Waals surface area contributed by atoms with E-state index >= 15 is 0 Å². The minimum absolute atomic E-state index is 0.255. The number of pyridine rings is 1. The number of hydrogen-bond acceptors (Lipinski definition) is 5. The number of carbonyl (C=O) groups is 1. The standard InChI is InChI=1S/C20H21N5O/c1-14(2)16-5-7-17(8-6-16)24-20-22-11-9-18(25-20)19(26)23-13-15-4-3-10-21-12-15/h3-12,14H,13H2,1-2H3,(H,23,26)(H,22,24,25). The van der Waals surface area contributed by atoms with Gasteiger partial charge in [0.2, 0.25) is 5.95 Å². The maximum atomic E-state index is 12.3. The van der Waals surface area contributed by atoms with Crippen LogP contribution >= 0.6 is 0 Å². The zero-order valence-corrected chi connectivity index (χ0v) is 14.8. The molecule has 3 aromatic rings. The summed E-state index contributed by atoms with van der Waals surface area (Å²) in [5.74, 6) is 0.609. The Morgan fingerprint density at radius 2 is 1.88 bits per heavy atom. The molecule has 0 aliphatic carbocycles. The molecule has 0 radical (unpaired) electrons. The molecule has 132 valence electrons. The van der Waals surface area contributed by atoms with Gasteiger partial charge in [0.05, 0.1) is 0 Å². The highest BCUT2D eigenvalue weighted by Crippen LogP contribution is 2.19. The second-order valence-corrected chi connectivity index (χ2v) is 6.21. The molecule has 0 saturated carbocycles. The number of rotatable bonds is 6. The molecule has 2 aromatic heterocycles. The lowest BCUT2D eigenvalue weighted by Gasteiger charge is -2.09. The van der Waals surface area contributed by atoms with E-state index in [1.54, 1.807) is 24.7 Å². The number of carbonyl (C=O) groups excluding carboxylic acids is 1. The summed E-state index contributed by atoms with van der Waals surface area (Å²) >= 11 is 0. The average Bonchev–Trinajstić information content (AvgIpc) is 2.67. The van der Waals surface area contributed by atoms with Crippen LogP contribution in [0.2, 0.25) is 0 Å². The Morgan fingerprint density at radius 3 is 2.58 bits per heavy atom. The van der Waals surface area contributed by atoms with E-state index in [0.717, 1.165) is 11.3 Å². The molecule has 2 N–H and O–H groups in total. The Bertz CT molecular complexity index is 863. The van der Waals surface area contributed by atoms with Gasteiger partial charge in [0.15, 0.2) is 0 Å². The van der Waals surface area contributed by atoms with Crippen LogP contribution in [0.3, 0.4) is 0 Å². The molecule has 0 saturated heterocycles. The van der Waals surface area contributed by atoms with E-state index in [4.69, 9.17) is 0 Å². The molecule has 0 atom stereocenters. The fraction of sp³-hybridized carbons (Fsp3) is 0.200. The third kappa shape index (κ3) is 4.63. The van der Waals surface area contributed by atoms with Crippen LogP contribution in [0, 0.1) is 0 Å². The predicted molar refractivity (Wildman–Crippen MR) is 101 cm³/mol. The van der Waals surface area contributed by atoms with E-state index < -0.39 is 0 Å². The number of hydrogen-bond donors (Lipinski definition) is 2. The minimum atomic E-state index is -0.255. The van der Waals surface area contributed by atoms with Crippen LogP contribution in [-0.2, 0) is 6.54 Å². The van der Waals surface area contributed by atoms with Crippen molar-refractivity contribution in [1.82, 2.24) is 20.3 Å². The molecular weight excluding hydrogens is 326 g/mol. The van der Waals surface area contributed by atoms with E-state index in [-0.39, 0.29) is 5.91 Å². The van der Waals surface area contributed by atoms with Crippen molar-refractivity contribution < 1.29 is 4.79 Å². The van der Waals surface area contributed by atoms with Gasteiger partial charge >= 0.3 is 0 Å². The van der Waals surface area contributed by atoms with Gasteiger partial charge in [0, 0.05) is 30.8 Å². The molecule has 0 bridgehead atoms. The first-order valence-electron chi connectivity index (χ1n) is 8.49. The fourth-order valence-electron chi connectivity index (χ4n) is 2.40. The quantitative estimate of drug-likeness (QED) is 0.711. The van der Waals surface area contributed by atoms with E-state index in [9.17, 15) is 4.79 Å². The van der Waals surface area contributed by atoms with Crippen LogP contribution in [-0.4, -0.2) is 20.9 Å². The highest BCUT2D eigenvalue weighted by Gasteiger charge is 2.09. The molecule has 0 aliphatic rings. The van der Waals surface area contributed by atoms with E-state index in [1.807, 2.05) is 24.3 Å². The molecule has 1 aromatic carbocycles. The van der Waals surface area contributed by atoms with Crippen molar-refractivity contribution in [3.63, 3.8) is 0 Å². The summed E-state index contributed by atoms with van der Waals surface area (Å²) < 4.78 is 0. The summed E-state index contributed by atoms with van der Waals surface area (Å²) in [5.41, 5.74) is 3.38. The normalized spacial score (nSPS) is 10.6. The van der Waals surface area contributed by atoms with Crippen LogP contribution < -0.4 is 10.6 Å². The summed E-state index contributed by atoms with van der Waals surface area (Å²) in [6.07, 6.45) is 4.98. The van der Waals surface area contributed by atoms with Gasteiger partial charge in [-0.2, -0.15) is 0 Å². The number of aromatic nitrogens is 3. The monoisotopic (exact) mass is 347 g/mol.